The second-order valence-corrected chi connectivity index (χ2v) is 5.46. The van der Waals surface area contributed by atoms with Crippen LogP contribution in [0, 0.1) is 0 Å². The largest absolute Gasteiger partial charge is 0.496 e. The van der Waals surface area contributed by atoms with Gasteiger partial charge in [0.2, 0.25) is 0 Å². The van der Waals surface area contributed by atoms with Crippen molar-refractivity contribution in [2.75, 3.05) is 41.4 Å². The third-order valence-corrected chi connectivity index (χ3v) is 3.47. The van der Waals surface area contributed by atoms with Crippen LogP contribution in [0.2, 0.25) is 0 Å². The Morgan fingerprint density at radius 3 is 2.60 bits per heavy atom. The molecule has 1 atom stereocenters. The second-order valence-electron chi connectivity index (χ2n) is 4.61. The number of methoxy groups -OCH3 is 2. The number of carbonyl (C=O) groups excluding carboxylic acids is 1. The van der Waals surface area contributed by atoms with Crippen LogP contribution in [-0.2, 0) is 9.53 Å². The van der Waals surface area contributed by atoms with Crippen LogP contribution < -0.4 is 10.1 Å². The van der Waals surface area contributed by atoms with Gasteiger partial charge < -0.3 is 14.4 Å². The Bertz CT molecular complexity index is 452. The van der Waals surface area contributed by atoms with Crippen LogP contribution in [0.4, 0.5) is 0 Å². The van der Waals surface area contributed by atoms with Crippen LogP contribution in [0.1, 0.15) is 11.6 Å². The Labute approximate surface area is 128 Å². The summed E-state index contributed by atoms with van der Waals surface area (Å²) in [5.74, 6) is 0.423. The Morgan fingerprint density at radius 1 is 1.40 bits per heavy atom. The summed E-state index contributed by atoms with van der Waals surface area (Å²) in [7, 11) is 6.96. The highest BCUT2D eigenvalue weighted by molar-refractivity contribution is 9.10. The zero-order valence-corrected chi connectivity index (χ0v) is 13.9. The minimum atomic E-state index is -0.484. The van der Waals surface area contributed by atoms with Gasteiger partial charge in [0.1, 0.15) is 11.8 Å². The summed E-state index contributed by atoms with van der Waals surface area (Å²) in [5, 5.41) is 3.20. The smallest absolute Gasteiger partial charge is 0.327 e. The van der Waals surface area contributed by atoms with Crippen molar-refractivity contribution >= 4 is 21.9 Å². The van der Waals surface area contributed by atoms with Gasteiger partial charge in [0.25, 0.3) is 0 Å². The van der Waals surface area contributed by atoms with Crippen LogP contribution in [0.5, 0.6) is 5.75 Å². The molecule has 0 aromatic heterocycles. The van der Waals surface area contributed by atoms with Gasteiger partial charge in [0.15, 0.2) is 0 Å². The van der Waals surface area contributed by atoms with Crippen molar-refractivity contribution in [3.8, 4) is 5.75 Å². The lowest BCUT2D eigenvalue weighted by Crippen LogP contribution is -2.34. The highest BCUT2D eigenvalue weighted by Crippen LogP contribution is 2.28. The molecule has 1 N–H and O–H groups in total. The molecule has 0 radical (unpaired) electrons. The first kappa shape index (κ1) is 16.9. The van der Waals surface area contributed by atoms with E-state index < -0.39 is 6.04 Å². The van der Waals surface area contributed by atoms with Gasteiger partial charge in [-0.25, -0.2) is 4.79 Å². The monoisotopic (exact) mass is 344 g/mol. The predicted octanol–water partition coefficient (Wildman–Crippen LogP) is 1.82. The average Bonchev–Trinajstić information content (AvgIpc) is 2.42. The van der Waals surface area contributed by atoms with E-state index in [2.05, 4.69) is 21.2 Å². The van der Waals surface area contributed by atoms with Crippen LogP contribution in [-0.4, -0.2) is 52.3 Å². The number of rotatable bonds is 7. The average molecular weight is 345 g/mol. The fourth-order valence-corrected chi connectivity index (χ4v) is 2.31. The molecule has 0 amide bonds. The summed E-state index contributed by atoms with van der Waals surface area (Å²) in [5.41, 5.74) is 0.836. The summed E-state index contributed by atoms with van der Waals surface area (Å²) in [6.45, 7) is 1.53. The van der Waals surface area contributed by atoms with Crippen molar-refractivity contribution in [1.29, 1.82) is 0 Å². The Kier molecular flexibility index (Phi) is 6.98. The number of nitrogens with one attached hydrogen (secondary N) is 1. The molecule has 0 heterocycles. The van der Waals surface area contributed by atoms with Crippen molar-refractivity contribution in [3.63, 3.8) is 0 Å². The van der Waals surface area contributed by atoms with Crippen molar-refractivity contribution in [2.24, 2.45) is 0 Å². The van der Waals surface area contributed by atoms with Crippen molar-refractivity contribution in [2.45, 2.75) is 6.04 Å². The molecular weight excluding hydrogens is 324 g/mol. The molecule has 1 rings (SSSR count). The van der Waals surface area contributed by atoms with E-state index in [1.54, 1.807) is 7.11 Å². The molecule has 6 heteroatoms. The van der Waals surface area contributed by atoms with Crippen molar-refractivity contribution < 1.29 is 14.3 Å². The van der Waals surface area contributed by atoms with Crippen molar-refractivity contribution in [1.82, 2.24) is 10.2 Å². The third kappa shape index (κ3) is 4.77. The zero-order valence-electron chi connectivity index (χ0n) is 12.3. The van der Waals surface area contributed by atoms with Crippen molar-refractivity contribution in [3.05, 3.63) is 28.2 Å². The number of ether oxygens (including phenoxy) is 2. The number of hydrogen-bond donors (Lipinski definition) is 1. The molecule has 0 saturated heterocycles. The third-order valence-electron chi connectivity index (χ3n) is 2.85. The summed E-state index contributed by atoms with van der Waals surface area (Å²) in [6, 6.07) is 5.06. The topological polar surface area (TPSA) is 50.8 Å². The SMILES string of the molecule is COC(=O)C(NCCN(C)C)c1ccc(OC)c(Br)c1. The molecule has 112 valence electrons. The minimum absolute atomic E-state index is 0.305. The van der Waals surface area contributed by atoms with Gasteiger partial charge in [0.05, 0.1) is 18.7 Å². The van der Waals surface area contributed by atoms with Gasteiger partial charge in [-0.15, -0.1) is 0 Å². The van der Waals surface area contributed by atoms with E-state index in [-0.39, 0.29) is 5.97 Å². The van der Waals surface area contributed by atoms with Gasteiger partial charge >= 0.3 is 5.97 Å². The van der Waals surface area contributed by atoms with E-state index in [1.807, 2.05) is 37.2 Å². The predicted molar refractivity (Wildman–Crippen MR) is 82.0 cm³/mol. The Morgan fingerprint density at radius 2 is 2.10 bits per heavy atom. The number of esters is 1. The van der Waals surface area contributed by atoms with Gasteiger partial charge in [-0.1, -0.05) is 6.07 Å². The first-order chi connectivity index (χ1) is 9.49. The van der Waals surface area contributed by atoms with Crippen LogP contribution in [0.25, 0.3) is 0 Å². The molecule has 0 saturated carbocycles. The molecule has 1 unspecified atom stereocenters. The van der Waals surface area contributed by atoms with Gasteiger partial charge in [0, 0.05) is 13.1 Å². The fourth-order valence-electron chi connectivity index (χ4n) is 1.75. The molecule has 1 aromatic carbocycles. The van der Waals surface area contributed by atoms with Crippen LogP contribution in [0.15, 0.2) is 22.7 Å². The molecule has 0 aliphatic carbocycles. The van der Waals surface area contributed by atoms with E-state index in [1.165, 1.54) is 7.11 Å². The molecule has 0 aliphatic heterocycles. The fraction of sp³-hybridized carbons (Fsp3) is 0.500. The lowest BCUT2D eigenvalue weighted by molar-refractivity contribution is -0.143. The molecular formula is C14H21BrN2O3. The summed E-state index contributed by atoms with van der Waals surface area (Å²) >= 11 is 3.42. The molecule has 0 bridgehead atoms. The number of halogens is 1. The minimum Gasteiger partial charge on any atom is -0.496 e. The second kappa shape index (κ2) is 8.24. The zero-order chi connectivity index (χ0) is 15.1. The molecule has 0 spiro atoms. The number of benzene rings is 1. The summed E-state index contributed by atoms with van der Waals surface area (Å²) in [4.78, 5) is 14.0. The maximum absolute atomic E-state index is 11.9. The van der Waals surface area contributed by atoms with Crippen LogP contribution >= 0.6 is 15.9 Å². The number of hydrogen-bond acceptors (Lipinski definition) is 5. The highest BCUT2D eigenvalue weighted by atomic mass is 79.9. The maximum Gasteiger partial charge on any atom is 0.327 e. The number of carbonyl (C=O) groups is 1. The van der Waals surface area contributed by atoms with Crippen LogP contribution in [0.3, 0.4) is 0 Å². The first-order valence-electron chi connectivity index (χ1n) is 6.29. The highest BCUT2D eigenvalue weighted by Gasteiger charge is 2.21. The lowest BCUT2D eigenvalue weighted by atomic mass is 10.1. The Hall–Kier alpha value is -1.11. The number of nitrogens with zero attached hydrogens (tertiary/aromatic N) is 1. The molecule has 0 fully saturated rings. The first-order valence-corrected chi connectivity index (χ1v) is 7.08. The lowest BCUT2D eigenvalue weighted by Gasteiger charge is -2.19. The van der Waals surface area contributed by atoms with E-state index in [0.717, 1.165) is 22.3 Å². The standard InChI is InChI=1S/C14H21BrN2O3/c1-17(2)8-7-16-13(14(18)20-4)10-5-6-12(19-3)11(15)9-10/h5-6,9,13,16H,7-8H2,1-4H3. The number of likely N-dealkylation sites (N-methyl/N-ethyl adjacent to an activating group) is 1. The maximum atomic E-state index is 11.9. The van der Waals surface area contributed by atoms with Gasteiger partial charge in [-0.3, -0.25) is 5.32 Å². The van der Waals surface area contributed by atoms with E-state index in [9.17, 15) is 4.79 Å². The quantitative estimate of drug-likeness (QED) is 0.764. The normalized spacial score (nSPS) is 12.3. The molecule has 1 aromatic rings. The van der Waals surface area contributed by atoms with E-state index in [4.69, 9.17) is 9.47 Å². The van der Waals surface area contributed by atoms with Gasteiger partial charge in [-0.2, -0.15) is 0 Å². The molecule has 0 aliphatic rings. The van der Waals surface area contributed by atoms with Gasteiger partial charge in [-0.05, 0) is 47.7 Å². The molecule has 5 nitrogen and oxygen atoms in total. The van der Waals surface area contributed by atoms with E-state index >= 15 is 0 Å². The van der Waals surface area contributed by atoms with E-state index in [0.29, 0.717) is 6.54 Å². The molecule has 20 heavy (non-hydrogen) atoms. The summed E-state index contributed by atoms with van der Waals surface area (Å²) in [6.07, 6.45) is 0. The Balaban J connectivity index is 2.87. The summed E-state index contributed by atoms with van der Waals surface area (Å²) < 4.78 is 10.9.